The number of hydrogen-bond acceptors (Lipinski definition) is 5. The lowest BCUT2D eigenvalue weighted by molar-refractivity contribution is -0.137. The normalized spacial score (nSPS) is 14.1. The smallest absolute Gasteiger partial charge is 0.305 e. The summed E-state index contributed by atoms with van der Waals surface area (Å²) in [5, 5.41) is 9.64. The molecular weight excluding hydrogens is 316 g/mol. The first-order valence-corrected chi connectivity index (χ1v) is 8.68. The number of carboxylic acids is 1. The Morgan fingerprint density at radius 1 is 1.39 bits per heavy atom. The van der Waals surface area contributed by atoms with Crippen LogP contribution in [-0.2, 0) is 35.3 Å². The maximum absolute atomic E-state index is 13.0. The van der Waals surface area contributed by atoms with E-state index in [1.165, 1.54) is 9.44 Å². The Morgan fingerprint density at radius 3 is 2.91 bits per heavy atom. The second-order valence-corrected chi connectivity index (χ2v) is 6.85. The van der Waals surface area contributed by atoms with Crippen LogP contribution in [0.25, 0.3) is 10.2 Å². The van der Waals surface area contributed by atoms with Crippen LogP contribution < -0.4 is 5.56 Å². The number of methoxy groups -OCH3 is 1. The van der Waals surface area contributed by atoms with Crippen LogP contribution in [0.4, 0.5) is 0 Å². The van der Waals surface area contributed by atoms with Gasteiger partial charge >= 0.3 is 5.97 Å². The van der Waals surface area contributed by atoms with E-state index in [9.17, 15) is 9.59 Å². The van der Waals surface area contributed by atoms with Crippen molar-refractivity contribution in [2.24, 2.45) is 0 Å². The van der Waals surface area contributed by atoms with Crippen LogP contribution in [0.1, 0.15) is 35.5 Å². The number of carboxylic acid groups (broad SMARTS) is 1. The summed E-state index contributed by atoms with van der Waals surface area (Å²) in [6.45, 7) is 0.608. The fourth-order valence-corrected chi connectivity index (χ4v) is 4.37. The van der Waals surface area contributed by atoms with E-state index in [0.717, 1.165) is 36.1 Å². The van der Waals surface area contributed by atoms with E-state index < -0.39 is 5.97 Å². The Bertz CT molecular complexity index is 793. The lowest BCUT2D eigenvalue weighted by Gasteiger charge is -2.13. The number of hydrogen-bond donors (Lipinski definition) is 1. The monoisotopic (exact) mass is 336 g/mol. The molecular formula is C16H20N2O4S. The van der Waals surface area contributed by atoms with Crippen molar-refractivity contribution in [3.8, 4) is 0 Å². The van der Waals surface area contributed by atoms with Crippen LogP contribution in [-0.4, -0.2) is 34.3 Å². The molecule has 0 aromatic carbocycles. The van der Waals surface area contributed by atoms with Gasteiger partial charge in [-0.25, -0.2) is 4.98 Å². The van der Waals surface area contributed by atoms with Gasteiger partial charge in [-0.2, -0.15) is 0 Å². The largest absolute Gasteiger partial charge is 0.481 e. The first kappa shape index (κ1) is 16.1. The van der Waals surface area contributed by atoms with Crippen LogP contribution in [0, 0.1) is 0 Å². The molecule has 23 heavy (non-hydrogen) atoms. The van der Waals surface area contributed by atoms with Gasteiger partial charge in [-0.1, -0.05) is 0 Å². The molecule has 0 aliphatic heterocycles. The maximum Gasteiger partial charge on any atom is 0.305 e. The predicted octanol–water partition coefficient (Wildman–Crippen LogP) is 2.00. The predicted molar refractivity (Wildman–Crippen MR) is 88.4 cm³/mol. The minimum atomic E-state index is -0.915. The number of aryl methyl sites for hydroxylation is 2. The molecule has 0 fully saturated rings. The topological polar surface area (TPSA) is 81.4 Å². The molecule has 3 rings (SSSR count). The molecule has 0 radical (unpaired) electrons. The summed E-state index contributed by atoms with van der Waals surface area (Å²) in [6.07, 6.45) is 4.60. The van der Waals surface area contributed by atoms with Gasteiger partial charge in [0.05, 0.1) is 18.4 Å². The van der Waals surface area contributed by atoms with Crippen molar-refractivity contribution in [2.45, 2.75) is 45.1 Å². The van der Waals surface area contributed by atoms with Gasteiger partial charge in [0.15, 0.2) is 0 Å². The fourth-order valence-electron chi connectivity index (χ4n) is 3.10. The summed E-state index contributed by atoms with van der Waals surface area (Å²) in [5.41, 5.74) is 1.04. The van der Waals surface area contributed by atoms with Crippen LogP contribution >= 0.6 is 11.3 Å². The molecule has 1 aliphatic rings. The molecule has 0 atom stereocenters. The highest BCUT2D eigenvalue weighted by atomic mass is 32.1. The molecule has 124 valence electrons. The minimum Gasteiger partial charge on any atom is -0.481 e. The van der Waals surface area contributed by atoms with Crippen LogP contribution in [0.2, 0.25) is 0 Å². The van der Waals surface area contributed by atoms with Gasteiger partial charge in [0.2, 0.25) is 0 Å². The second kappa shape index (κ2) is 6.80. The zero-order valence-electron chi connectivity index (χ0n) is 13.1. The third-order valence-electron chi connectivity index (χ3n) is 4.23. The standard InChI is InChI=1S/C16H20N2O4S/c1-22-9-7-12-17-15-14(10-4-2-3-5-11(10)23-15)16(21)18(12)8-6-13(19)20/h2-9H2,1H3,(H,19,20). The number of aromatic nitrogens is 2. The molecule has 0 saturated heterocycles. The minimum absolute atomic E-state index is 0.0839. The van der Waals surface area contributed by atoms with Crippen LogP contribution in [0.5, 0.6) is 0 Å². The van der Waals surface area contributed by atoms with Crippen molar-refractivity contribution in [2.75, 3.05) is 13.7 Å². The summed E-state index contributed by atoms with van der Waals surface area (Å²) in [5.74, 6) is -0.300. The van der Waals surface area contributed by atoms with E-state index in [1.807, 2.05) is 0 Å². The van der Waals surface area contributed by atoms with E-state index in [4.69, 9.17) is 9.84 Å². The highest BCUT2D eigenvalue weighted by molar-refractivity contribution is 7.18. The SMILES string of the molecule is COCCc1nc2sc3c(c2c(=O)n1CCC(=O)O)CCCC3. The molecule has 0 bridgehead atoms. The average Bonchev–Trinajstić information content (AvgIpc) is 2.90. The molecule has 1 N–H and O–H groups in total. The van der Waals surface area contributed by atoms with E-state index in [0.29, 0.717) is 24.2 Å². The molecule has 2 aromatic heterocycles. The Balaban J connectivity index is 2.13. The lowest BCUT2D eigenvalue weighted by Crippen LogP contribution is -2.27. The number of rotatable bonds is 6. The Labute approximate surface area is 137 Å². The van der Waals surface area contributed by atoms with Gasteiger partial charge in [0.25, 0.3) is 5.56 Å². The second-order valence-electron chi connectivity index (χ2n) is 5.76. The summed E-state index contributed by atoms with van der Waals surface area (Å²) in [6, 6.07) is 0. The van der Waals surface area contributed by atoms with Crippen molar-refractivity contribution in [1.82, 2.24) is 9.55 Å². The molecule has 1 aliphatic carbocycles. The van der Waals surface area contributed by atoms with E-state index >= 15 is 0 Å². The zero-order chi connectivity index (χ0) is 16.4. The molecule has 0 spiro atoms. The summed E-state index contributed by atoms with van der Waals surface area (Å²) < 4.78 is 6.62. The third-order valence-corrected chi connectivity index (χ3v) is 5.42. The first-order valence-electron chi connectivity index (χ1n) is 7.86. The van der Waals surface area contributed by atoms with Crippen LogP contribution in [0.15, 0.2) is 4.79 Å². The average molecular weight is 336 g/mol. The molecule has 0 amide bonds. The van der Waals surface area contributed by atoms with Gasteiger partial charge in [0, 0.05) is 25.0 Å². The third kappa shape index (κ3) is 3.16. The highest BCUT2D eigenvalue weighted by Gasteiger charge is 2.22. The van der Waals surface area contributed by atoms with Crippen molar-refractivity contribution < 1.29 is 14.6 Å². The van der Waals surface area contributed by atoms with Gasteiger partial charge in [-0.05, 0) is 31.2 Å². The fraction of sp³-hybridized carbons (Fsp3) is 0.562. The van der Waals surface area contributed by atoms with Gasteiger partial charge in [0.1, 0.15) is 10.7 Å². The first-order chi connectivity index (χ1) is 11.1. The molecule has 0 saturated carbocycles. The molecule has 2 aromatic rings. The molecule has 6 nitrogen and oxygen atoms in total. The quantitative estimate of drug-likeness (QED) is 0.872. The van der Waals surface area contributed by atoms with Crippen LogP contribution in [0.3, 0.4) is 0 Å². The number of thiophene rings is 1. The molecule has 7 heteroatoms. The van der Waals surface area contributed by atoms with Crippen molar-refractivity contribution >= 4 is 27.5 Å². The van der Waals surface area contributed by atoms with E-state index in [-0.39, 0.29) is 18.5 Å². The summed E-state index contributed by atoms with van der Waals surface area (Å²) >= 11 is 1.61. The van der Waals surface area contributed by atoms with E-state index in [1.54, 1.807) is 18.4 Å². The van der Waals surface area contributed by atoms with Gasteiger partial charge in [-0.3, -0.25) is 14.2 Å². The van der Waals surface area contributed by atoms with E-state index in [2.05, 4.69) is 4.98 Å². The zero-order valence-corrected chi connectivity index (χ0v) is 13.9. The highest BCUT2D eigenvalue weighted by Crippen LogP contribution is 2.33. The summed E-state index contributed by atoms with van der Waals surface area (Å²) in [7, 11) is 1.60. The number of aliphatic carboxylic acids is 1. The Hall–Kier alpha value is -1.73. The van der Waals surface area contributed by atoms with Crippen molar-refractivity contribution in [3.05, 3.63) is 26.6 Å². The Kier molecular flexibility index (Phi) is 4.77. The number of fused-ring (bicyclic) bond motifs is 3. The number of nitrogens with zero attached hydrogens (tertiary/aromatic N) is 2. The number of ether oxygens (including phenoxy) is 1. The lowest BCUT2D eigenvalue weighted by atomic mass is 9.97. The Morgan fingerprint density at radius 2 is 2.17 bits per heavy atom. The maximum atomic E-state index is 13.0. The molecule has 0 unspecified atom stereocenters. The van der Waals surface area contributed by atoms with Gasteiger partial charge in [-0.15, -0.1) is 11.3 Å². The number of carbonyl (C=O) groups is 1. The van der Waals surface area contributed by atoms with Crippen molar-refractivity contribution in [3.63, 3.8) is 0 Å². The summed E-state index contributed by atoms with van der Waals surface area (Å²) in [4.78, 5) is 30.6. The van der Waals surface area contributed by atoms with Gasteiger partial charge < -0.3 is 9.84 Å². The van der Waals surface area contributed by atoms with Crippen molar-refractivity contribution in [1.29, 1.82) is 0 Å². The molecule has 2 heterocycles.